The molecule has 1 aromatic heterocycles. The van der Waals surface area contributed by atoms with Crippen molar-refractivity contribution < 1.29 is 37.7 Å². The van der Waals surface area contributed by atoms with Crippen molar-refractivity contribution in [2.45, 2.75) is 13.5 Å². The zero-order valence-corrected chi connectivity index (χ0v) is 11.4. The van der Waals surface area contributed by atoms with E-state index in [-0.39, 0.29) is 24.0 Å². The monoisotopic (exact) mass is 324 g/mol. The minimum atomic E-state index is 0. The van der Waals surface area contributed by atoms with Gasteiger partial charge in [-0.1, -0.05) is 5.16 Å². The number of hydrogen-bond acceptors (Lipinski definition) is 3. The molecular weight excluding hydrogens is 307 g/mol. The van der Waals surface area contributed by atoms with Crippen LogP contribution in [0.3, 0.4) is 0 Å². The molecule has 1 aliphatic heterocycles. The summed E-state index contributed by atoms with van der Waals surface area (Å²) in [5.74, 6) is 0.979. The number of quaternary nitrogens is 1. The molecule has 0 spiro atoms. The maximum absolute atomic E-state index is 5.35. The number of nitrogens with zero attached hydrogens (tertiary/aromatic N) is 2. The van der Waals surface area contributed by atoms with Crippen molar-refractivity contribution in [1.82, 2.24) is 5.16 Å². The Labute approximate surface area is 107 Å². The second-order valence-corrected chi connectivity index (χ2v) is 4.27. The van der Waals surface area contributed by atoms with Gasteiger partial charge in [0.15, 0.2) is 5.76 Å². The summed E-state index contributed by atoms with van der Waals surface area (Å²) in [7, 11) is 2.24. The summed E-state index contributed by atoms with van der Waals surface area (Å²) in [6.07, 6.45) is 0. The van der Waals surface area contributed by atoms with Gasteiger partial charge in [-0.2, -0.15) is 0 Å². The van der Waals surface area contributed by atoms with Crippen LogP contribution in [0.25, 0.3) is 0 Å². The van der Waals surface area contributed by atoms with E-state index in [1.807, 2.05) is 13.0 Å². The lowest BCUT2D eigenvalue weighted by Crippen LogP contribution is -3.00. The van der Waals surface area contributed by atoms with Gasteiger partial charge in [0.25, 0.3) is 0 Å². The molecule has 0 unspecified atom stereocenters. The molecule has 0 N–H and O–H groups in total. The molecule has 2 heterocycles. The number of morpholine rings is 1. The Kier molecular flexibility index (Phi) is 4.54. The predicted octanol–water partition coefficient (Wildman–Crippen LogP) is -2.04. The Hall–Kier alpha value is -0.140. The van der Waals surface area contributed by atoms with Crippen molar-refractivity contribution in [2.24, 2.45) is 0 Å². The van der Waals surface area contributed by atoms with Gasteiger partial charge in [0.1, 0.15) is 19.6 Å². The molecule has 1 aromatic rings. The maximum Gasteiger partial charge on any atom is 0.191 e. The Morgan fingerprint density at radius 3 is 2.60 bits per heavy atom. The van der Waals surface area contributed by atoms with Gasteiger partial charge in [-0.05, 0) is 6.92 Å². The number of ether oxygens (including phenoxy) is 1. The van der Waals surface area contributed by atoms with Crippen LogP contribution in [0.2, 0.25) is 0 Å². The van der Waals surface area contributed by atoms with Crippen LogP contribution >= 0.6 is 0 Å². The van der Waals surface area contributed by atoms with Crippen molar-refractivity contribution >= 4 is 0 Å². The Morgan fingerprint density at radius 2 is 2.07 bits per heavy atom. The molecule has 0 bridgehead atoms. The van der Waals surface area contributed by atoms with Gasteiger partial charge in [-0.3, -0.25) is 0 Å². The van der Waals surface area contributed by atoms with E-state index in [1.165, 1.54) is 0 Å². The van der Waals surface area contributed by atoms with Gasteiger partial charge in [0, 0.05) is 6.07 Å². The first kappa shape index (κ1) is 12.9. The van der Waals surface area contributed by atoms with Crippen molar-refractivity contribution in [3.63, 3.8) is 0 Å². The average Bonchev–Trinajstić information content (AvgIpc) is 2.51. The molecular formula is C10H17IN2O2. The topological polar surface area (TPSA) is 35.3 Å². The van der Waals surface area contributed by atoms with Crippen LogP contribution in [0.4, 0.5) is 0 Å². The number of aryl methyl sites for hydroxylation is 1. The Bertz CT molecular complexity index is 308. The highest BCUT2D eigenvalue weighted by Gasteiger charge is 2.26. The molecule has 1 fully saturated rings. The summed E-state index contributed by atoms with van der Waals surface area (Å²) >= 11 is 0. The van der Waals surface area contributed by atoms with Crippen LogP contribution < -0.4 is 24.0 Å². The lowest BCUT2D eigenvalue weighted by atomic mass is 10.3. The van der Waals surface area contributed by atoms with Gasteiger partial charge in [0.05, 0.1) is 26.0 Å². The lowest BCUT2D eigenvalue weighted by molar-refractivity contribution is -0.930. The molecule has 0 atom stereocenters. The zero-order chi connectivity index (χ0) is 10.0. The van der Waals surface area contributed by atoms with E-state index in [2.05, 4.69) is 12.2 Å². The number of aromatic nitrogens is 1. The fourth-order valence-electron chi connectivity index (χ4n) is 1.81. The second kappa shape index (κ2) is 5.27. The van der Waals surface area contributed by atoms with Crippen LogP contribution in [-0.4, -0.2) is 43.0 Å². The van der Waals surface area contributed by atoms with E-state index in [0.717, 1.165) is 48.8 Å². The summed E-state index contributed by atoms with van der Waals surface area (Å²) in [5.41, 5.74) is 0.958. The first-order chi connectivity index (χ1) is 6.68. The third-order valence-corrected chi connectivity index (χ3v) is 2.77. The Balaban J connectivity index is 0.00000112. The van der Waals surface area contributed by atoms with E-state index in [9.17, 15) is 0 Å². The van der Waals surface area contributed by atoms with Crippen LogP contribution in [0, 0.1) is 6.92 Å². The minimum absolute atomic E-state index is 0. The van der Waals surface area contributed by atoms with Gasteiger partial charge in [-0.15, -0.1) is 0 Å². The number of rotatable bonds is 2. The molecule has 0 amide bonds. The van der Waals surface area contributed by atoms with Crippen molar-refractivity contribution in [2.75, 3.05) is 33.4 Å². The quantitative estimate of drug-likeness (QED) is 0.465. The summed E-state index contributed by atoms with van der Waals surface area (Å²) in [4.78, 5) is 0. The van der Waals surface area contributed by atoms with E-state index in [0.29, 0.717) is 0 Å². The van der Waals surface area contributed by atoms with Gasteiger partial charge >= 0.3 is 0 Å². The molecule has 0 aliphatic carbocycles. The average molecular weight is 324 g/mol. The zero-order valence-electron chi connectivity index (χ0n) is 9.20. The third-order valence-electron chi connectivity index (χ3n) is 2.77. The third kappa shape index (κ3) is 3.42. The van der Waals surface area contributed by atoms with Gasteiger partial charge in [-0.25, -0.2) is 0 Å². The van der Waals surface area contributed by atoms with E-state index < -0.39 is 0 Å². The van der Waals surface area contributed by atoms with Crippen molar-refractivity contribution in [1.29, 1.82) is 0 Å². The molecule has 0 aromatic carbocycles. The maximum atomic E-state index is 5.35. The minimum Gasteiger partial charge on any atom is -1.00 e. The highest BCUT2D eigenvalue weighted by molar-refractivity contribution is 5.01. The van der Waals surface area contributed by atoms with E-state index in [1.54, 1.807) is 0 Å². The Morgan fingerprint density at radius 1 is 1.40 bits per heavy atom. The summed E-state index contributed by atoms with van der Waals surface area (Å²) < 4.78 is 11.6. The normalized spacial score (nSPS) is 19.6. The molecule has 1 aliphatic rings. The second-order valence-electron chi connectivity index (χ2n) is 4.27. The molecule has 2 rings (SSSR count). The predicted molar refractivity (Wildman–Crippen MR) is 51.7 cm³/mol. The highest BCUT2D eigenvalue weighted by atomic mass is 127. The molecule has 5 heteroatoms. The summed E-state index contributed by atoms with van der Waals surface area (Å²) in [5, 5.41) is 3.90. The van der Waals surface area contributed by atoms with Crippen LogP contribution in [0.5, 0.6) is 0 Å². The number of halogens is 1. The van der Waals surface area contributed by atoms with Gasteiger partial charge in [0.2, 0.25) is 0 Å². The fraction of sp³-hybridized carbons (Fsp3) is 0.700. The highest BCUT2D eigenvalue weighted by Crippen LogP contribution is 2.14. The van der Waals surface area contributed by atoms with Crippen LogP contribution in [0.1, 0.15) is 11.5 Å². The van der Waals surface area contributed by atoms with E-state index >= 15 is 0 Å². The number of hydrogen-bond donors (Lipinski definition) is 0. The molecule has 0 saturated carbocycles. The molecule has 4 nitrogen and oxygen atoms in total. The first-order valence-corrected chi connectivity index (χ1v) is 5.01. The smallest absolute Gasteiger partial charge is 0.191 e. The molecule has 1 saturated heterocycles. The molecule has 86 valence electrons. The summed E-state index contributed by atoms with van der Waals surface area (Å²) in [6, 6.07) is 2.01. The van der Waals surface area contributed by atoms with Gasteiger partial charge < -0.3 is 37.7 Å². The standard InChI is InChI=1S/C10H17N2O2.HI/c1-9-7-10(14-11-9)8-12(2)3-5-13-6-4-12;/h7H,3-6,8H2,1-2H3;1H/q+1;/p-1. The molecule has 0 radical (unpaired) electrons. The lowest BCUT2D eigenvalue weighted by Gasteiger charge is -2.36. The van der Waals surface area contributed by atoms with E-state index in [4.69, 9.17) is 9.26 Å². The fourth-order valence-corrected chi connectivity index (χ4v) is 1.81. The van der Waals surface area contributed by atoms with Crippen molar-refractivity contribution in [3.05, 3.63) is 17.5 Å². The van der Waals surface area contributed by atoms with Crippen molar-refractivity contribution in [3.8, 4) is 0 Å². The van der Waals surface area contributed by atoms with Crippen LogP contribution in [-0.2, 0) is 11.3 Å². The first-order valence-electron chi connectivity index (χ1n) is 5.01. The SMILES string of the molecule is Cc1cc(C[N+]2(C)CCOCC2)on1.[I-]. The largest absolute Gasteiger partial charge is 1.00 e. The number of likely N-dealkylation sites (N-methyl/N-ethyl adjacent to an activating group) is 1. The summed E-state index contributed by atoms with van der Waals surface area (Å²) in [6.45, 7) is 6.68. The van der Waals surface area contributed by atoms with Crippen LogP contribution in [0.15, 0.2) is 10.6 Å². The molecule has 15 heavy (non-hydrogen) atoms.